The Hall–Kier alpha value is -3.40. The summed E-state index contributed by atoms with van der Waals surface area (Å²) in [6, 6.07) is 6.17. The molecule has 0 aliphatic carbocycles. The fraction of sp³-hybridized carbons (Fsp3) is 0.409. The van der Waals surface area contributed by atoms with Crippen molar-refractivity contribution in [3.8, 4) is 11.1 Å². The van der Waals surface area contributed by atoms with Crippen LogP contribution >= 0.6 is 0 Å². The molecule has 0 unspecified atom stereocenters. The highest BCUT2D eigenvalue weighted by atomic mass is 19.1. The van der Waals surface area contributed by atoms with Crippen LogP contribution in [0.1, 0.15) is 29.9 Å². The van der Waals surface area contributed by atoms with Crippen molar-refractivity contribution in [2.24, 2.45) is 0 Å². The normalized spacial score (nSPS) is 16.2. The molecule has 10 heteroatoms. The summed E-state index contributed by atoms with van der Waals surface area (Å²) >= 11 is 0. The monoisotopic (exact) mass is 440 g/mol. The molecule has 0 radical (unpaired) electrons. The number of aryl methyl sites for hydroxylation is 2. The summed E-state index contributed by atoms with van der Waals surface area (Å²) in [6.45, 7) is 2.99. The Morgan fingerprint density at radius 1 is 1.25 bits per heavy atom. The fourth-order valence-electron chi connectivity index (χ4n) is 3.55. The molecule has 0 bridgehead atoms. The van der Waals surface area contributed by atoms with Crippen LogP contribution in [0.4, 0.5) is 10.3 Å². The van der Waals surface area contributed by atoms with E-state index in [1.54, 1.807) is 35.1 Å². The minimum Gasteiger partial charge on any atom is -0.368 e. The van der Waals surface area contributed by atoms with E-state index in [4.69, 9.17) is 14.2 Å². The molecule has 4 rings (SSSR count). The van der Waals surface area contributed by atoms with Gasteiger partial charge >= 0.3 is 0 Å². The molecule has 168 valence electrons. The molecule has 32 heavy (non-hydrogen) atoms. The molecular weight excluding hydrogens is 415 g/mol. The lowest BCUT2D eigenvalue weighted by atomic mass is 10.0. The Morgan fingerprint density at radius 3 is 2.72 bits per heavy atom. The number of rotatable bonds is 6. The molecule has 0 N–H and O–H groups in total. The lowest BCUT2D eigenvalue weighted by Gasteiger charge is -2.33. The Balaban J connectivity index is 1.55. The van der Waals surface area contributed by atoms with Crippen LogP contribution in [0, 0.1) is 12.7 Å². The minimum atomic E-state index is -0.430. The molecule has 1 aliphatic heterocycles. The highest BCUT2D eigenvalue weighted by Gasteiger charge is 2.29. The van der Waals surface area contributed by atoms with Gasteiger partial charge in [0.15, 0.2) is 5.82 Å². The molecule has 1 fully saturated rings. The molecule has 2 aromatic heterocycles. The van der Waals surface area contributed by atoms with Gasteiger partial charge in [-0.15, -0.1) is 0 Å². The van der Waals surface area contributed by atoms with Crippen molar-refractivity contribution in [2.45, 2.75) is 25.9 Å². The van der Waals surface area contributed by atoms with Crippen molar-refractivity contribution >= 4 is 11.9 Å². The number of halogens is 1. The van der Waals surface area contributed by atoms with Crippen molar-refractivity contribution in [1.82, 2.24) is 25.0 Å². The van der Waals surface area contributed by atoms with Crippen LogP contribution in [0.15, 0.2) is 35.0 Å². The summed E-state index contributed by atoms with van der Waals surface area (Å²) in [6.07, 6.45) is 1.94. The first-order valence-electron chi connectivity index (χ1n) is 10.4. The summed E-state index contributed by atoms with van der Waals surface area (Å²) in [5.74, 6) is 1.20. The number of amides is 1. The standard InChI is InChI=1S/C22H25FN6O3/c1-14-25-19(32-27-14)8-9-20(30)29-10-11-31-18(13-29)21-17(12-24-22(26-21)28(2)3)15-4-6-16(23)7-5-15/h4-7,12,18H,8-11,13H2,1-3H3/t18-/m1/s1. The number of morpholine rings is 1. The molecule has 9 nitrogen and oxygen atoms in total. The van der Waals surface area contributed by atoms with Crippen molar-refractivity contribution in [3.63, 3.8) is 0 Å². The van der Waals surface area contributed by atoms with Crippen LogP contribution < -0.4 is 4.90 Å². The van der Waals surface area contributed by atoms with Gasteiger partial charge in [0.25, 0.3) is 0 Å². The number of anilines is 1. The Morgan fingerprint density at radius 2 is 2.03 bits per heavy atom. The van der Waals surface area contributed by atoms with Crippen molar-refractivity contribution in [2.75, 3.05) is 38.7 Å². The number of carbonyl (C=O) groups excluding carboxylic acids is 1. The van der Waals surface area contributed by atoms with Gasteiger partial charge < -0.3 is 19.1 Å². The minimum absolute atomic E-state index is 0.0145. The van der Waals surface area contributed by atoms with Gasteiger partial charge in [0.05, 0.1) is 18.8 Å². The second-order valence-corrected chi connectivity index (χ2v) is 7.80. The van der Waals surface area contributed by atoms with Gasteiger partial charge in [0, 0.05) is 45.2 Å². The molecule has 0 saturated carbocycles. The second-order valence-electron chi connectivity index (χ2n) is 7.80. The van der Waals surface area contributed by atoms with Gasteiger partial charge in [-0.2, -0.15) is 4.98 Å². The Kier molecular flexibility index (Phi) is 6.40. The first kappa shape index (κ1) is 21.8. The van der Waals surface area contributed by atoms with E-state index in [9.17, 15) is 9.18 Å². The Bertz CT molecular complexity index is 1090. The maximum absolute atomic E-state index is 13.4. The van der Waals surface area contributed by atoms with E-state index < -0.39 is 6.10 Å². The van der Waals surface area contributed by atoms with Crippen molar-refractivity contribution < 1.29 is 18.4 Å². The second kappa shape index (κ2) is 9.39. The van der Waals surface area contributed by atoms with Gasteiger partial charge in [-0.3, -0.25) is 4.79 Å². The SMILES string of the molecule is Cc1noc(CCC(=O)N2CCO[C@@H](c3nc(N(C)C)ncc3-c3ccc(F)cc3)C2)n1. The zero-order valence-corrected chi connectivity index (χ0v) is 18.3. The molecule has 1 aliphatic rings. The van der Waals surface area contributed by atoms with Crippen LogP contribution in [-0.2, 0) is 16.0 Å². The molecule has 1 saturated heterocycles. The third kappa shape index (κ3) is 4.91. The topological polar surface area (TPSA) is 97.5 Å². The summed E-state index contributed by atoms with van der Waals surface area (Å²) in [5, 5.41) is 3.75. The van der Waals surface area contributed by atoms with Crippen LogP contribution in [0.25, 0.3) is 11.1 Å². The quantitative estimate of drug-likeness (QED) is 0.577. The first-order valence-corrected chi connectivity index (χ1v) is 10.4. The molecule has 3 aromatic rings. The highest BCUT2D eigenvalue weighted by Crippen LogP contribution is 2.31. The number of aromatic nitrogens is 4. The van der Waals surface area contributed by atoms with Gasteiger partial charge in [0.1, 0.15) is 11.9 Å². The van der Waals surface area contributed by atoms with Crippen LogP contribution in [0.3, 0.4) is 0 Å². The van der Waals surface area contributed by atoms with Gasteiger partial charge in [-0.25, -0.2) is 14.4 Å². The molecule has 0 spiro atoms. The van der Waals surface area contributed by atoms with Crippen LogP contribution in [-0.4, -0.2) is 64.7 Å². The molecule has 1 aromatic carbocycles. The van der Waals surface area contributed by atoms with E-state index in [2.05, 4.69) is 15.1 Å². The van der Waals surface area contributed by atoms with Crippen LogP contribution in [0.2, 0.25) is 0 Å². The van der Waals surface area contributed by atoms with E-state index in [0.717, 1.165) is 11.1 Å². The maximum atomic E-state index is 13.4. The molecule has 1 amide bonds. The largest absolute Gasteiger partial charge is 0.368 e. The van der Waals surface area contributed by atoms with Gasteiger partial charge in [0.2, 0.25) is 17.7 Å². The zero-order chi connectivity index (χ0) is 22.7. The third-order valence-corrected chi connectivity index (χ3v) is 5.21. The van der Waals surface area contributed by atoms with Crippen molar-refractivity contribution in [3.05, 3.63) is 53.7 Å². The number of carbonyl (C=O) groups is 1. The summed E-state index contributed by atoms with van der Waals surface area (Å²) < 4.78 is 24.6. The fourth-order valence-corrected chi connectivity index (χ4v) is 3.55. The van der Waals surface area contributed by atoms with Gasteiger partial charge in [-0.05, 0) is 24.6 Å². The zero-order valence-electron chi connectivity index (χ0n) is 18.3. The van der Waals surface area contributed by atoms with E-state index in [0.29, 0.717) is 49.5 Å². The molecule has 3 heterocycles. The summed E-state index contributed by atoms with van der Waals surface area (Å²) in [5.41, 5.74) is 2.20. The lowest BCUT2D eigenvalue weighted by Crippen LogP contribution is -2.42. The predicted molar refractivity (Wildman–Crippen MR) is 114 cm³/mol. The smallest absolute Gasteiger partial charge is 0.227 e. The first-order chi connectivity index (χ1) is 15.4. The van der Waals surface area contributed by atoms with Gasteiger partial charge in [-0.1, -0.05) is 17.3 Å². The predicted octanol–water partition coefficient (Wildman–Crippen LogP) is 2.57. The maximum Gasteiger partial charge on any atom is 0.227 e. The van der Waals surface area contributed by atoms with E-state index in [-0.39, 0.29) is 18.1 Å². The third-order valence-electron chi connectivity index (χ3n) is 5.21. The number of ether oxygens (including phenoxy) is 1. The highest BCUT2D eigenvalue weighted by molar-refractivity contribution is 5.76. The molecule has 1 atom stereocenters. The Labute approximate surface area is 185 Å². The van der Waals surface area contributed by atoms with Crippen LogP contribution in [0.5, 0.6) is 0 Å². The summed E-state index contributed by atoms with van der Waals surface area (Å²) in [7, 11) is 3.71. The number of benzene rings is 1. The average molecular weight is 440 g/mol. The van der Waals surface area contributed by atoms with E-state index >= 15 is 0 Å². The number of nitrogens with zero attached hydrogens (tertiary/aromatic N) is 6. The summed E-state index contributed by atoms with van der Waals surface area (Å²) in [4.78, 5) is 29.7. The van der Waals surface area contributed by atoms with E-state index in [1.165, 1.54) is 12.1 Å². The lowest BCUT2D eigenvalue weighted by molar-refractivity contribution is -0.139. The number of hydrogen-bond donors (Lipinski definition) is 0. The van der Waals surface area contributed by atoms with Crippen molar-refractivity contribution in [1.29, 1.82) is 0 Å². The molecular formula is C22H25FN6O3. The number of hydrogen-bond acceptors (Lipinski definition) is 8. The van der Waals surface area contributed by atoms with E-state index in [1.807, 2.05) is 14.1 Å². The average Bonchev–Trinajstić information content (AvgIpc) is 3.22.